The molecule has 2 heterocycles. The minimum absolute atomic E-state index is 0.247. The maximum absolute atomic E-state index is 5.48. The lowest BCUT2D eigenvalue weighted by molar-refractivity contribution is -0.00625. The molecule has 0 bridgehead atoms. The number of methoxy groups -OCH3 is 1. The van der Waals surface area contributed by atoms with E-state index >= 15 is 0 Å². The summed E-state index contributed by atoms with van der Waals surface area (Å²) in [6.07, 6.45) is 4.01. The van der Waals surface area contributed by atoms with E-state index in [0.29, 0.717) is 24.8 Å². The van der Waals surface area contributed by atoms with E-state index in [1.165, 1.54) is 6.20 Å². The number of nitrogens with zero attached hydrogens (tertiary/aromatic N) is 2. The van der Waals surface area contributed by atoms with Crippen LogP contribution in [0.5, 0.6) is 0 Å². The van der Waals surface area contributed by atoms with E-state index in [1.807, 2.05) is 0 Å². The van der Waals surface area contributed by atoms with Crippen LogP contribution in [0.15, 0.2) is 12.4 Å². The first-order valence-corrected chi connectivity index (χ1v) is 5.18. The van der Waals surface area contributed by atoms with Crippen molar-refractivity contribution in [1.82, 2.24) is 9.97 Å². The van der Waals surface area contributed by atoms with E-state index in [4.69, 9.17) is 15.2 Å². The van der Waals surface area contributed by atoms with Crippen molar-refractivity contribution >= 4 is 11.6 Å². The summed E-state index contributed by atoms with van der Waals surface area (Å²) in [5, 5.41) is 3.17. The van der Waals surface area contributed by atoms with Gasteiger partial charge in [0.2, 0.25) is 0 Å². The van der Waals surface area contributed by atoms with Crippen molar-refractivity contribution in [2.75, 3.05) is 37.9 Å². The number of anilines is 2. The summed E-state index contributed by atoms with van der Waals surface area (Å²) >= 11 is 0. The molecule has 0 radical (unpaired) electrons. The molecule has 1 aromatic heterocycles. The van der Waals surface area contributed by atoms with Gasteiger partial charge >= 0.3 is 0 Å². The maximum atomic E-state index is 5.48. The van der Waals surface area contributed by atoms with Crippen LogP contribution in [0.4, 0.5) is 11.6 Å². The van der Waals surface area contributed by atoms with E-state index in [1.54, 1.807) is 13.3 Å². The Balaban J connectivity index is 1.93. The second kappa shape index (κ2) is 4.63. The number of nitrogens with two attached hydrogens (primary N) is 1. The standard InChI is InChI=1S/C10H16N4O2/c1-15-10(2-3-16-7-10)6-14-9-5-12-8(11)4-13-9/h4-5H,2-3,6-7H2,1H3,(H2,11,12)(H,13,14). The number of nitrogen functional groups attached to an aromatic ring is 1. The van der Waals surface area contributed by atoms with E-state index in [2.05, 4.69) is 15.3 Å². The van der Waals surface area contributed by atoms with Gasteiger partial charge in [0.05, 0.1) is 19.0 Å². The Morgan fingerprint density at radius 1 is 1.56 bits per heavy atom. The van der Waals surface area contributed by atoms with Gasteiger partial charge in [-0.05, 0) is 0 Å². The van der Waals surface area contributed by atoms with Gasteiger partial charge < -0.3 is 20.5 Å². The van der Waals surface area contributed by atoms with Gasteiger partial charge in [0.25, 0.3) is 0 Å². The first-order valence-electron chi connectivity index (χ1n) is 5.18. The number of ether oxygens (including phenoxy) is 2. The van der Waals surface area contributed by atoms with Crippen molar-refractivity contribution in [3.05, 3.63) is 12.4 Å². The second-order valence-electron chi connectivity index (χ2n) is 3.87. The van der Waals surface area contributed by atoms with E-state index in [0.717, 1.165) is 13.0 Å². The molecule has 1 fully saturated rings. The van der Waals surface area contributed by atoms with Gasteiger partial charge in [-0.1, -0.05) is 0 Å². The van der Waals surface area contributed by atoms with E-state index in [-0.39, 0.29) is 5.60 Å². The zero-order valence-corrected chi connectivity index (χ0v) is 9.27. The summed E-state index contributed by atoms with van der Waals surface area (Å²) in [4.78, 5) is 8.06. The Hall–Kier alpha value is -1.40. The summed E-state index contributed by atoms with van der Waals surface area (Å²) in [7, 11) is 1.70. The molecular weight excluding hydrogens is 208 g/mol. The van der Waals surface area contributed by atoms with Crippen LogP contribution in [0.3, 0.4) is 0 Å². The van der Waals surface area contributed by atoms with E-state index < -0.39 is 0 Å². The van der Waals surface area contributed by atoms with Crippen LogP contribution in [0.25, 0.3) is 0 Å². The van der Waals surface area contributed by atoms with Crippen molar-refractivity contribution in [3.63, 3.8) is 0 Å². The Labute approximate surface area is 94.2 Å². The fraction of sp³-hybridized carbons (Fsp3) is 0.600. The summed E-state index contributed by atoms with van der Waals surface area (Å²) in [6.45, 7) is 2.00. The average molecular weight is 224 g/mol. The first-order chi connectivity index (χ1) is 7.74. The Bertz CT molecular complexity index is 335. The van der Waals surface area contributed by atoms with Crippen molar-refractivity contribution in [2.24, 2.45) is 0 Å². The molecule has 16 heavy (non-hydrogen) atoms. The topological polar surface area (TPSA) is 82.3 Å². The summed E-state index contributed by atoms with van der Waals surface area (Å²) in [5.41, 5.74) is 5.20. The first kappa shape index (κ1) is 11.1. The molecule has 1 aromatic rings. The summed E-state index contributed by atoms with van der Waals surface area (Å²) in [5.74, 6) is 1.11. The van der Waals surface area contributed by atoms with Gasteiger partial charge in [-0.25, -0.2) is 9.97 Å². The molecule has 0 aliphatic carbocycles. The van der Waals surface area contributed by atoms with Crippen molar-refractivity contribution in [1.29, 1.82) is 0 Å². The van der Waals surface area contributed by atoms with Crippen molar-refractivity contribution < 1.29 is 9.47 Å². The molecule has 0 aromatic carbocycles. The zero-order chi connectivity index (χ0) is 11.4. The molecule has 1 aliphatic rings. The van der Waals surface area contributed by atoms with Gasteiger partial charge in [-0.15, -0.1) is 0 Å². The third-order valence-electron chi connectivity index (χ3n) is 2.76. The van der Waals surface area contributed by atoms with Crippen LogP contribution in [0, 0.1) is 0 Å². The average Bonchev–Trinajstić information content (AvgIpc) is 2.78. The highest BCUT2D eigenvalue weighted by Gasteiger charge is 2.34. The lowest BCUT2D eigenvalue weighted by Crippen LogP contribution is -2.39. The van der Waals surface area contributed by atoms with Gasteiger partial charge in [0, 0.05) is 26.7 Å². The normalized spacial score (nSPS) is 24.6. The molecule has 1 unspecified atom stereocenters. The van der Waals surface area contributed by atoms with Gasteiger partial charge in [-0.3, -0.25) is 0 Å². The fourth-order valence-corrected chi connectivity index (χ4v) is 1.64. The number of hydrogen-bond acceptors (Lipinski definition) is 6. The molecule has 0 spiro atoms. The van der Waals surface area contributed by atoms with Gasteiger partial charge in [0.1, 0.15) is 17.2 Å². The number of nitrogens with one attached hydrogen (secondary N) is 1. The lowest BCUT2D eigenvalue weighted by Gasteiger charge is -2.25. The minimum atomic E-state index is -0.247. The summed E-state index contributed by atoms with van der Waals surface area (Å²) in [6, 6.07) is 0. The van der Waals surface area contributed by atoms with Crippen LogP contribution >= 0.6 is 0 Å². The fourth-order valence-electron chi connectivity index (χ4n) is 1.64. The number of aromatic nitrogens is 2. The predicted molar refractivity (Wildman–Crippen MR) is 60.1 cm³/mol. The van der Waals surface area contributed by atoms with Gasteiger partial charge in [0.15, 0.2) is 0 Å². The highest BCUT2D eigenvalue weighted by molar-refractivity contribution is 5.36. The molecule has 2 rings (SSSR count). The maximum Gasteiger partial charge on any atom is 0.144 e. The molecule has 6 nitrogen and oxygen atoms in total. The smallest absolute Gasteiger partial charge is 0.144 e. The molecule has 6 heteroatoms. The molecule has 0 amide bonds. The van der Waals surface area contributed by atoms with Crippen LogP contribution in [-0.4, -0.2) is 42.4 Å². The highest BCUT2D eigenvalue weighted by Crippen LogP contribution is 2.22. The highest BCUT2D eigenvalue weighted by atomic mass is 16.5. The number of hydrogen-bond donors (Lipinski definition) is 2. The third-order valence-corrected chi connectivity index (χ3v) is 2.76. The SMILES string of the molecule is COC1(CNc2cnc(N)cn2)CCOC1. The molecule has 1 aliphatic heterocycles. The summed E-state index contributed by atoms with van der Waals surface area (Å²) < 4.78 is 10.8. The van der Waals surface area contributed by atoms with Crippen LogP contribution in [-0.2, 0) is 9.47 Å². The molecule has 1 saturated heterocycles. The minimum Gasteiger partial charge on any atom is -0.382 e. The van der Waals surface area contributed by atoms with Gasteiger partial charge in [-0.2, -0.15) is 0 Å². The van der Waals surface area contributed by atoms with Crippen molar-refractivity contribution in [2.45, 2.75) is 12.0 Å². The predicted octanol–water partition coefficient (Wildman–Crippen LogP) is 0.276. The van der Waals surface area contributed by atoms with E-state index in [9.17, 15) is 0 Å². The Kier molecular flexibility index (Phi) is 3.21. The Morgan fingerprint density at radius 3 is 3.00 bits per heavy atom. The molecule has 1 atom stereocenters. The zero-order valence-electron chi connectivity index (χ0n) is 9.27. The van der Waals surface area contributed by atoms with Crippen LogP contribution < -0.4 is 11.1 Å². The van der Waals surface area contributed by atoms with Crippen LogP contribution in [0.1, 0.15) is 6.42 Å². The monoisotopic (exact) mass is 224 g/mol. The Morgan fingerprint density at radius 2 is 2.44 bits per heavy atom. The van der Waals surface area contributed by atoms with Crippen LogP contribution in [0.2, 0.25) is 0 Å². The number of rotatable bonds is 4. The molecule has 3 N–H and O–H groups in total. The second-order valence-corrected chi connectivity index (χ2v) is 3.87. The van der Waals surface area contributed by atoms with Crippen molar-refractivity contribution in [3.8, 4) is 0 Å². The third kappa shape index (κ3) is 2.40. The molecule has 88 valence electrons. The lowest BCUT2D eigenvalue weighted by atomic mass is 10.0. The molecular formula is C10H16N4O2. The molecule has 0 saturated carbocycles. The largest absolute Gasteiger partial charge is 0.382 e. The quantitative estimate of drug-likeness (QED) is 0.764.